The van der Waals surface area contributed by atoms with Crippen LogP contribution in [0.1, 0.15) is 27.9 Å². The second-order valence-corrected chi connectivity index (χ2v) is 12.1. The fourth-order valence-corrected chi connectivity index (χ4v) is 6.56. The van der Waals surface area contributed by atoms with Crippen molar-refractivity contribution in [2.45, 2.75) is 24.3 Å². The normalized spacial score (nSPS) is 18.7. The molecule has 4 rings (SSSR count). The average Bonchev–Trinajstić information content (AvgIpc) is 3.05. The van der Waals surface area contributed by atoms with Gasteiger partial charge in [-0.05, 0) is 42.2 Å². The van der Waals surface area contributed by atoms with Gasteiger partial charge in [0.05, 0.1) is 11.2 Å². The van der Waals surface area contributed by atoms with Crippen molar-refractivity contribution in [2.75, 3.05) is 39.0 Å². The van der Waals surface area contributed by atoms with Crippen LogP contribution >= 0.6 is 0 Å². The molecule has 2 aliphatic heterocycles. The van der Waals surface area contributed by atoms with Crippen molar-refractivity contribution in [3.63, 3.8) is 0 Å². The molecule has 1 amide bonds. The molecule has 0 radical (unpaired) electrons. The highest BCUT2D eigenvalue weighted by atomic mass is 32.2. The molecule has 0 N–H and O–H groups in total. The summed E-state index contributed by atoms with van der Waals surface area (Å²) in [7, 11) is -7.06. The Bertz CT molecular complexity index is 1230. The van der Waals surface area contributed by atoms with E-state index in [2.05, 4.69) is 0 Å². The van der Waals surface area contributed by atoms with E-state index in [0.29, 0.717) is 39.0 Å². The Labute approximate surface area is 189 Å². The zero-order valence-electron chi connectivity index (χ0n) is 18.0. The molecule has 8 nitrogen and oxygen atoms in total. The highest BCUT2D eigenvalue weighted by Gasteiger charge is 2.30. The van der Waals surface area contributed by atoms with Crippen molar-refractivity contribution in [1.82, 2.24) is 13.5 Å². The van der Waals surface area contributed by atoms with E-state index in [0.717, 1.165) is 17.4 Å². The number of benzene rings is 2. The zero-order chi connectivity index (χ0) is 22.9. The van der Waals surface area contributed by atoms with Gasteiger partial charge in [0.1, 0.15) is 0 Å². The van der Waals surface area contributed by atoms with Crippen LogP contribution in [0.4, 0.5) is 0 Å². The van der Waals surface area contributed by atoms with E-state index in [4.69, 9.17) is 0 Å². The van der Waals surface area contributed by atoms with Crippen LogP contribution in [0.2, 0.25) is 0 Å². The molecule has 2 aromatic carbocycles. The summed E-state index contributed by atoms with van der Waals surface area (Å²) in [5, 5.41) is 0. The molecular formula is C22H27N3O5S2. The maximum Gasteiger partial charge on any atom is 0.253 e. The second-order valence-electron chi connectivity index (χ2n) is 8.19. The lowest BCUT2D eigenvalue weighted by Gasteiger charge is -2.28. The van der Waals surface area contributed by atoms with E-state index in [-0.39, 0.29) is 29.5 Å². The number of nitrogens with zero attached hydrogens (tertiary/aromatic N) is 3. The third kappa shape index (κ3) is 4.73. The Morgan fingerprint density at radius 2 is 1.56 bits per heavy atom. The topological polar surface area (TPSA) is 95.1 Å². The third-order valence-corrected chi connectivity index (χ3v) is 9.17. The van der Waals surface area contributed by atoms with Crippen LogP contribution in [0, 0.1) is 0 Å². The number of amides is 1. The van der Waals surface area contributed by atoms with Gasteiger partial charge in [-0.2, -0.15) is 4.31 Å². The first-order chi connectivity index (χ1) is 15.2. The highest BCUT2D eigenvalue weighted by Crippen LogP contribution is 2.25. The van der Waals surface area contributed by atoms with Crippen LogP contribution in [0.25, 0.3) is 0 Å². The van der Waals surface area contributed by atoms with Crippen molar-refractivity contribution in [1.29, 1.82) is 0 Å². The highest BCUT2D eigenvalue weighted by molar-refractivity contribution is 7.89. The van der Waals surface area contributed by atoms with Gasteiger partial charge in [-0.1, -0.05) is 30.3 Å². The first-order valence-corrected chi connectivity index (χ1v) is 13.9. The Morgan fingerprint density at radius 1 is 0.812 bits per heavy atom. The Hall–Kier alpha value is -2.27. The first-order valence-electron chi connectivity index (χ1n) is 10.6. The molecule has 0 aliphatic carbocycles. The van der Waals surface area contributed by atoms with E-state index in [1.54, 1.807) is 17.0 Å². The van der Waals surface area contributed by atoms with Crippen LogP contribution in [0.5, 0.6) is 0 Å². The van der Waals surface area contributed by atoms with E-state index in [1.807, 2.05) is 24.3 Å². The number of rotatable bonds is 4. The minimum absolute atomic E-state index is 0.0929. The number of sulfonamides is 2. The number of fused-ring (bicyclic) bond motifs is 1. The molecular weight excluding hydrogens is 450 g/mol. The number of carbonyl (C=O) groups excluding carboxylic acids is 1. The average molecular weight is 478 g/mol. The Balaban J connectivity index is 1.52. The van der Waals surface area contributed by atoms with Gasteiger partial charge < -0.3 is 4.90 Å². The number of hydrogen-bond donors (Lipinski definition) is 0. The summed E-state index contributed by atoms with van der Waals surface area (Å²) in [5.74, 6) is -0.290. The summed E-state index contributed by atoms with van der Waals surface area (Å²) in [4.78, 5) is 14.8. The number of carbonyl (C=O) groups is 1. The molecule has 1 fully saturated rings. The quantitative estimate of drug-likeness (QED) is 0.666. The smallest absolute Gasteiger partial charge is 0.253 e. The fourth-order valence-electron chi connectivity index (χ4n) is 4.22. The number of hydrogen-bond acceptors (Lipinski definition) is 5. The van der Waals surface area contributed by atoms with Crippen LogP contribution in [-0.2, 0) is 33.0 Å². The van der Waals surface area contributed by atoms with Gasteiger partial charge in [-0.15, -0.1) is 0 Å². The van der Waals surface area contributed by atoms with E-state index >= 15 is 0 Å². The summed E-state index contributed by atoms with van der Waals surface area (Å²) < 4.78 is 53.0. The van der Waals surface area contributed by atoms with Crippen molar-refractivity contribution < 1.29 is 21.6 Å². The van der Waals surface area contributed by atoms with E-state index < -0.39 is 20.0 Å². The van der Waals surface area contributed by atoms with Crippen molar-refractivity contribution in [2.24, 2.45) is 0 Å². The standard InChI is InChI=1S/C22H27N3O5S2/c1-31(27,28)24-12-5-11-23(14-15-24)22(26)19-8-4-9-21(16-19)32(29,30)25-13-10-18-6-2-3-7-20(18)17-25/h2-4,6-9,16H,5,10-15,17H2,1H3. The van der Waals surface area contributed by atoms with Crippen LogP contribution in [0.15, 0.2) is 53.4 Å². The fraction of sp³-hybridized carbons (Fsp3) is 0.409. The van der Waals surface area contributed by atoms with Crippen molar-refractivity contribution in [3.8, 4) is 0 Å². The summed E-state index contributed by atoms with van der Waals surface area (Å²) in [6, 6.07) is 13.9. The van der Waals surface area contributed by atoms with Crippen LogP contribution < -0.4 is 0 Å². The monoisotopic (exact) mass is 477 g/mol. The van der Waals surface area contributed by atoms with Gasteiger partial charge in [0.25, 0.3) is 5.91 Å². The lowest BCUT2D eigenvalue weighted by molar-refractivity contribution is 0.0764. The van der Waals surface area contributed by atoms with Crippen molar-refractivity contribution in [3.05, 3.63) is 65.2 Å². The molecule has 172 valence electrons. The SMILES string of the molecule is CS(=O)(=O)N1CCCN(C(=O)c2cccc(S(=O)(=O)N3CCc4ccccc4C3)c2)CC1. The van der Waals surface area contributed by atoms with Gasteiger partial charge in [0, 0.05) is 44.8 Å². The third-order valence-electron chi connectivity index (χ3n) is 6.03. The first kappa shape index (κ1) is 22.9. The van der Waals surface area contributed by atoms with Crippen molar-refractivity contribution >= 4 is 26.0 Å². The molecule has 1 saturated heterocycles. The predicted molar refractivity (Wildman–Crippen MR) is 121 cm³/mol. The molecule has 2 aromatic rings. The molecule has 32 heavy (non-hydrogen) atoms. The van der Waals surface area contributed by atoms with Gasteiger partial charge in [0.15, 0.2) is 0 Å². The summed E-state index contributed by atoms with van der Waals surface area (Å²) in [6.45, 7) is 1.99. The Kier molecular flexibility index (Phi) is 6.39. The molecule has 10 heteroatoms. The maximum atomic E-state index is 13.3. The van der Waals surface area contributed by atoms with Gasteiger partial charge in [0.2, 0.25) is 20.0 Å². The van der Waals surface area contributed by atoms with Gasteiger partial charge >= 0.3 is 0 Å². The molecule has 2 aliphatic rings. The minimum atomic E-state index is -3.75. The minimum Gasteiger partial charge on any atom is -0.337 e. The largest absolute Gasteiger partial charge is 0.337 e. The molecule has 0 aromatic heterocycles. The molecule has 0 spiro atoms. The molecule has 0 unspecified atom stereocenters. The molecule has 0 saturated carbocycles. The second kappa shape index (κ2) is 8.93. The van der Waals surface area contributed by atoms with E-state index in [9.17, 15) is 21.6 Å². The maximum absolute atomic E-state index is 13.3. The summed E-state index contributed by atoms with van der Waals surface area (Å²) in [6.07, 6.45) is 2.35. The lowest BCUT2D eigenvalue weighted by atomic mass is 10.0. The summed E-state index contributed by atoms with van der Waals surface area (Å²) >= 11 is 0. The zero-order valence-corrected chi connectivity index (χ0v) is 19.6. The lowest BCUT2D eigenvalue weighted by Crippen LogP contribution is -2.37. The van der Waals surface area contributed by atoms with Gasteiger partial charge in [-0.25, -0.2) is 21.1 Å². The van der Waals surface area contributed by atoms with Gasteiger partial charge in [-0.3, -0.25) is 4.79 Å². The van der Waals surface area contributed by atoms with Crippen LogP contribution in [0.3, 0.4) is 0 Å². The predicted octanol–water partition coefficient (Wildman–Crippen LogP) is 1.54. The molecule has 0 bridgehead atoms. The Morgan fingerprint density at radius 3 is 2.31 bits per heavy atom. The summed E-state index contributed by atoms with van der Waals surface area (Å²) in [5.41, 5.74) is 2.44. The van der Waals surface area contributed by atoms with E-state index in [1.165, 1.54) is 20.7 Å². The van der Waals surface area contributed by atoms with Crippen LogP contribution in [-0.4, -0.2) is 75.2 Å². The molecule has 2 heterocycles. The molecule has 0 atom stereocenters.